The minimum atomic E-state index is -0.0676. The first-order valence-electron chi connectivity index (χ1n) is 9.04. The fourth-order valence-electron chi connectivity index (χ4n) is 3.18. The summed E-state index contributed by atoms with van der Waals surface area (Å²) >= 11 is 1.49. The lowest BCUT2D eigenvalue weighted by Gasteiger charge is -2.40. The van der Waals surface area contributed by atoms with Crippen LogP contribution in [0.2, 0.25) is 0 Å². The number of nitrogens with one attached hydrogen (secondary N) is 1. The molecule has 2 heterocycles. The Kier molecular flexibility index (Phi) is 6.16. The molecule has 0 unspecified atom stereocenters. The number of hydrogen-bond donors (Lipinski definition) is 1. The Morgan fingerprint density at radius 2 is 2.04 bits per heavy atom. The van der Waals surface area contributed by atoms with Crippen molar-refractivity contribution in [2.75, 3.05) is 38.6 Å². The van der Waals surface area contributed by atoms with Gasteiger partial charge in [0.2, 0.25) is 5.91 Å². The van der Waals surface area contributed by atoms with E-state index in [0.29, 0.717) is 12.3 Å². The average molecular weight is 374 g/mol. The standard InChI is InChI=1S/C20H27N3O2S/c1-15-12-19(22-17-7-5-4-6-16(15)17)26-13-18(24)21-14-20(2,3)23-8-10-25-11-9-23/h4-7,12H,8-11,13-14H2,1-3H3,(H,21,24). The van der Waals surface area contributed by atoms with Crippen LogP contribution in [-0.2, 0) is 9.53 Å². The molecule has 2 aromatic rings. The lowest BCUT2D eigenvalue weighted by atomic mass is 10.0. The van der Waals surface area contributed by atoms with Crippen molar-refractivity contribution in [2.24, 2.45) is 0 Å². The van der Waals surface area contributed by atoms with E-state index in [-0.39, 0.29) is 11.4 Å². The highest BCUT2D eigenvalue weighted by molar-refractivity contribution is 7.99. The van der Waals surface area contributed by atoms with Gasteiger partial charge in [-0.05, 0) is 38.5 Å². The van der Waals surface area contributed by atoms with Gasteiger partial charge in [-0.15, -0.1) is 0 Å². The molecular formula is C20H27N3O2S. The maximum absolute atomic E-state index is 12.3. The predicted octanol–water partition coefficient (Wildman–Crippen LogP) is 2.86. The molecule has 1 amide bonds. The molecule has 6 heteroatoms. The van der Waals surface area contributed by atoms with Crippen molar-refractivity contribution in [1.29, 1.82) is 0 Å². The first kappa shape index (κ1) is 19.1. The predicted molar refractivity (Wildman–Crippen MR) is 107 cm³/mol. The molecule has 1 aliphatic heterocycles. The summed E-state index contributed by atoms with van der Waals surface area (Å²) in [6.45, 7) is 10.4. The van der Waals surface area contributed by atoms with Crippen molar-refractivity contribution in [3.8, 4) is 0 Å². The Morgan fingerprint density at radius 1 is 1.31 bits per heavy atom. The van der Waals surface area contributed by atoms with Crippen LogP contribution in [-0.4, -0.2) is 59.9 Å². The molecule has 0 aliphatic carbocycles. The number of aromatic nitrogens is 1. The zero-order valence-corrected chi connectivity index (χ0v) is 16.6. The number of pyridine rings is 1. The first-order valence-corrected chi connectivity index (χ1v) is 10.0. The zero-order valence-electron chi connectivity index (χ0n) is 15.7. The molecule has 1 N–H and O–H groups in total. The van der Waals surface area contributed by atoms with E-state index in [9.17, 15) is 4.79 Å². The Hall–Kier alpha value is -1.63. The second-order valence-corrected chi connectivity index (χ2v) is 8.27. The second kappa shape index (κ2) is 8.37. The van der Waals surface area contributed by atoms with Crippen molar-refractivity contribution in [3.05, 3.63) is 35.9 Å². The number of carbonyl (C=O) groups is 1. The summed E-state index contributed by atoms with van der Waals surface area (Å²) < 4.78 is 5.41. The summed E-state index contributed by atoms with van der Waals surface area (Å²) in [5, 5.41) is 5.13. The molecule has 1 fully saturated rings. The molecular weight excluding hydrogens is 346 g/mol. The van der Waals surface area contributed by atoms with Gasteiger partial charge < -0.3 is 10.1 Å². The Morgan fingerprint density at radius 3 is 2.81 bits per heavy atom. The van der Waals surface area contributed by atoms with E-state index in [1.54, 1.807) is 0 Å². The van der Waals surface area contributed by atoms with Crippen LogP contribution in [0.15, 0.2) is 35.4 Å². The SMILES string of the molecule is Cc1cc(SCC(=O)NCC(C)(C)N2CCOCC2)nc2ccccc12. The van der Waals surface area contributed by atoms with Crippen LogP contribution in [0.25, 0.3) is 10.9 Å². The van der Waals surface area contributed by atoms with Crippen molar-refractivity contribution in [2.45, 2.75) is 31.3 Å². The lowest BCUT2D eigenvalue weighted by molar-refractivity contribution is -0.119. The third-order valence-corrected chi connectivity index (χ3v) is 5.75. The molecule has 1 saturated heterocycles. The van der Waals surface area contributed by atoms with Gasteiger partial charge in [0.25, 0.3) is 0 Å². The summed E-state index contributed by atoms with van der Waals surface area (Å²) in [4.78, 5) is 19.3. The highest BCUT2D eigenvalue weighted by atomic mass is 32.2. The van der Waals surface area contributed by atoms with E-state index in [0.717, 1.165) is 42.2 Å². The van der Waals surface area contributed by atoms with Crippen LogP contribution in [0.5, 0.6) is 0 Å². The second-order valence-electron chi connectivity index (χ2n) is 7.27. The van der Waals surface area contributed by atoms with Gasteiger partial charge in [-0.1, -0.05) is 30.0 Å². The summed E-state index contributed by atoms with van der Waals surface area (Å²) in [5.74, 6) is 0.424. The van der Waals surface area contributed by atoms with Crippen molar-refractivity contribution < 1.29 is 9.53 Å². The van der Waals surface area contributed by atoms with Crippen LogP contribution in [0.3, 0.4) is 0 Å². The quantitative estimate of drug-likeness (QED) is 0.789. The molecule has 26 heavy (non-hydrogen) atoms. The van der Waals surface area contributed by atoms with Gasteiger partial charge in [-0.25, -0.2) is 4.98 Å². The van der Waals surface area contributed by atoms with E-state index in [1.165, 1.54) is 17.3 Å². The zero-order chi connectivity index (χ0) is 18.6. The van der Waals surface area contributed by atoms with Gasteiger partial charge in [-0.2, -0.15) is 0 Å². The summed E-state index contributed by atoms with van der Waals surface area (Å²) in [5.41, 5.74) is 2.10. The molecule has 1 aliphatic rings. The number of thioether (sulfide) groups is 1. The van der Waals surface area contributed by atoms with Gasteiger partial charge in [0, 0.05) is 30.6 Å². The molecule has 0 spiro atoms. The number of hydrogen-bond acceptors (Lipinski definition) is 5. The molecule has 0 bridgehead atoms. The molecule has 1 aromatic heterocycles. The summed E-state index contributed by atoms with van der Waals surface area (Å²) in [7, 11) is 0. The van der Waals surface area contributed by atoms with Gasteiger partial charge >= 0.3 is 0 Å². The third-order valence-electron chi connectivity index (χ3n) is 4.84. The van der Waals surface area contributed by atoms with E-state index < -0.39 is 0 Å². The Labute approximate surface area is 159 Å². The van der Waals surface area contributed by atoms with Gasteiger partial charge in [0.1, 0.15) is 0 Å². The van der Waals surface area contributed by atoms with E-state index in [2.05, 4.69) is 48.1 Å². The Bertz CT molecular complexity index is 773. The maximum atomic E-state index is 12.3. The molecule has 0 atom stereocenters. The number of aryl methyl sites for hydroxylation is 1. The minimum absolute atomic E-state index is 0.0453. The maximum Gasteiger partial charge on any atom is 0.230 e. The number of carbonyl (C=O) groups excluding carboxylic acids is 1. The fraction of sp³-hybridized carbons (Fsp3) is 0.500. The molecule has 5 nitrogen and oxygen atoms in total. The number of benzene rings is 1. The molecule has 1 aromatic carbocycles. The smallest absolute Gasteiger partial charge is 0.230 e. The van der Waals surface area contributed by atoms with E-state index in [4.69, 9.17) is 4.74 Å². The highest BCUT2D eigenvalue weighted by Gasteiger charge is 2.28. The number of nitrogens with zero attached hydrogens (tertiary/aromatic N) is 2. The van der Waals surface area contributed by atoms with Crippen LogP contribution in [0.4, 0.5) is 0 Å². The van der Waals surface area contributed by atoms with Crippen molar-refractivity contribution >= 4 is 28.6 Å². The van der Waals surface area contributed by atoms with Gasteiger partial charge in [0.05, 0.1) is 29.5 Å². The number of fused-ring (bicyclic) bond motifs is 1. The van der Waals surface area contributed by atoms with Gasteiger partial charge in [-0.3, -0.25) is 9.69 Å². The largest absolute Gasteiger partial charge is 0.379 e. The number of amides is 1. The van der Waals surface area contributed by atoms with Gasteiger partial charge in [0.15, 0.2) is 0 Å². The minimum Gasteiger partial charge on any atom is -0.379 e. The first-order chi connectivity index (χ1) is 12.5. The molecule has 0 radical (unpaired) electrons. The summed E-state index contributed by atoms with van der Waals surface area (Å²) in [6.07, 6.45) is 0. The normalized spacial score (nSPS) is 16.0. The lowest BCUT2D eigenvalue weighted by Crippen LogP contribution is -2.55. The fourth-order valence-corrected chi connectivity index (χ4v) is 3.98. The van der Waals surface area contributed by atoms with Crippen LogP contribution in [0, 0.1) is 6.92 Å². The molecule has 0 saturated carbocycles. The van der Waals surface area contributed by atoms with Crippen LogP contribution in [0.1, 0.15) is 19.4 Å². The highest BCUT2D eigenvalue weighted by Crippen LogP contribution is 2.23. The number of ether oxygens (including phenoxy) is 1. The number of morpholine rings is 1. The van der Waals surface area contributed by atoms with E-state index in [1.807, 2.05) is 18.2 Å². The van der Waals surface area contributed by atoms with E-state index >= 15 is 0 Å². The number of para-hydroxylation sites is 1. The molecule has 140 valence electrons. The molecule has 3 rings (SSSR count). The Balaban J connectivity index is 1.52. The summed E-state index contributed by atoms with van der Waals surface area (Å²) in [6, 6.07) is 10.2. The monoisotopic (exact) mass is 373 g/mol. The topological polar surface area (TPSA) is 54.5 Å². The van der Waals surface area contributed by atoms with Crippen LogP contribution >= 0.6 is 11.8 Å². The number of rotatable bonds is 6. The van der Waals surface area contributed by atoms with Crippen molar-refractivity contribution in [1.82, 2.24) is 15.2 Å². The van der Waals surface area contributed by atoms with Crippen molar-refractivity contribution in [3.63, 3.8) is 0 Å². The third kappa shape index (κ3) is 4.75. The van der Waals surface area contributed by atoms with Crippen LogP contribution < -0.4 is 5.32 Å². The average Bonchev–Trinajstić information content (AvgIpc) is 2.65.